The van der Waals surface area contributed by atoms with Crippen molar-refractivity contribution < 1.29 is 13.3 Å². The molecule has 1 saturated heterocycles. The van der Waals surface area contributed by atoms with E-state index < -0.39 is 11.6 Å². The van der Waals surface area contributed by atoms with E-state index in [1.807, 2.05) is 0 Å². The third-order valence-electron chi connectivity index (χ3n) is 3.58. The van der Waals surface area contributed by atoms with Gasteiger partial charge in [0.15, 0.2) is 5.82 Å². The fraction of sp³-hybridized carbons (Fsp3) is 0.429. The van der Waals surface area contributed by atoms with Gasteiger partial charge in [-0.1, -0.05) is 11.2 Å². The van der Waals surface area contributed by atoms with Crippen LogP contribution in [0.25, 0.3) is 0 Å². The van der Waals surface area contributed by atoms with E-state index in [1.165, 1.54) is 18.2 Å². The van der Waals surface area contributed by atoms with Crippen molar-refractivity contribution in [1.82, 2.24) is 15.5 Å². The number of hydrogen-bond acceptors (Lipinski definition) is 4. The SMILES string of the molecule is Fc1cccc(F)c1Cc1nc(C2CCNCC2)no1. The van der Waals surface area contributed by atoms with Gasteiger partial charge in [0.2, 0.25) is 5.89 Å². The van der Waals surface area contributed by atoms with Crippen LogP contribution in [-0.2, 0) is 6.42 Å². The van der Waals surface area contributed by atoms with Gasteiger partial charge in [0.05, 0.1) is 6.42 Å². The Bertz CT molecular complexity index is 574. The lowest BCUT2D eigenvalue weighted by Crippen LogP contribution is -2.27. The fourth-order valence-electron chi connectivity index (χ4n) is 2.44. The highest BCUT2D eigenvalue weighted by Gasteiger charge is 2.21. The van der Waals surface area contributed by atoms with Crippen molar-refractivity contribution in [1.29, 1.82) is 0 Å². The second kappa shape index (κ2) is 5.66. The van der Waals surface area contributed by atoms with Gasteiger partial charge in [-0.25, -0.2) is 8.78 Å². The summed E-state index contributed by atoms with van der Waals surface area (Å²) >= 11 is 0. The number of hydrogen-bond donors (Lipinski definition) is 1. The molecule has 0 atom stereocenters. The Kier molecular flexibility index (Phi) is 3.73. The largest absolute Gasteiger partial charge is 0.339 e. The molecule has 0 amide bonds. The predicted molar refractivity (Wildman–Crippen MR) is 68.3 cm³/mol. The van der Waals surface area contributed by atoms with Crippen molar-refractivity contribution in [2.45, 2.75) is 25.2 Å². The van der Waals surface area contributed by atoms with Crippen molar-refractivity contribution in [3.05, 3.63) is 47.1 Å². The Morgan fingerprint density at radius 1 is 1.20 bits per heavy atom. The van der Waals surface area contributed by atoms with Crippen molar-refractivity contribution >= 4 is 0 Å². The third-order valence-corrected chi connectivity index (χ3v) is 3.58. The minimum Gasteiger partial charge on any atom is -0.339 e. The molecule has 1 aliphatic heterocycles. The summed E-state index contributed by atoms with van der Waals surface area (Å²) in [7, 11) is 0. The van der Waals surface area contributed by atoms with Crippen LogP contribution < -0.4 is 5.32 Å². The monoisotopic (exact) mass is 279 g/mol. The zero-order valence-electron chi connectivity index (χ0n) is 10.9. The van der Waals surface area contributed by atoms with Crippen LogP contribution in [-0.4, -0.2) is 23.2 Å². The number of benzene rings is 1. The van der Waals surface area contributed by atoms with Gasteiger partial charge in [0, 0.05) is 11.5 Å². The maximum Gasteiger partial charge on any atom is 0.231 e. The molecule has 6 heteroatoms. The molecule has 0 bridgehead atoms. The van der Waals surface area contributed by atoms with E-state index >= 15 is 0 Å². The molecular formula is C14H15F2N3O. The number of nitrogens with one attached hydrogen (secondary N) is 1. The molecule has 1 aliphatic rings. The number of nitrogens with zero attached hydrogens (tertiary/aromatic N) is 2. The van der Waals surface area contributed by atoms with Gasteiger partial charge < -0.3 is 9.84 Å². The van der Waals surface area contributed by atoms with Crippen molar-refractivity contribution in [3.63, 3.8) is 0 Å². The van der Waals surface area contributed by atoms with Gasteiger partial charge in [0.25, 0.3) is 0 Å². The summed E-state index contributed by atoms with van der Waals surface area (Å²) in [6.45, 7) is 1.85. The standard InChI is InChI=1S/C14H15F2N3O/c15-11-2-1-3-12(16)10(11)8-13-18-14(19-20-13)9-4-6-17-7-5-9/h1-3,9,17H,4-8H2. The first-order chi connectivity index (χ1) is 9.74. The lowest BCUT2D eigenvalue weighted by molar-refractivity contribution is 0.363. The van der Waals surface area contributed by atoms with Crippen LogP contribution in [0.1, 0.15) is 36.0 Å². The highest BCUT2D eigenvalue weighted by atomic mass is 19.1. The van der Waals surface area contributed by atoms with Crippen LogP contribution in [0.3, 0.4) is 0 Å². The molecule has 0 spiro atoms. The van der Waals surface area contributed by atoms with Gasteiger partial charge in [-0.2, -0.15) is 4.98 Å². The maximum atomic E-state index is 13.6. The Balaban J connectivity index is 1.77. The van der Waals surface area contributed by atoms with Crippen LogP contribution in [0.5, 0.6) is 0 Å². The number of piperidine rings is 1. The summed E-state index contributed by atoms with van der Waals surface area (Å²) in [6.07, 6.45) is 1.89. The Hall–Kier alpha value is -1.82. The lowest BCUT2D eigenvalue weighted by atomic mass is 9.98. The van der Waals surface area contributed by atoms with Gasteiger partial charge >= 0.3 is 0 Å². The Morgan fingerprint density at radius 3 is 2.60 bits per heavy atom. The van der Waals surface area contributed by atoms with Crippen molar-refractivity contribution in [2.75, 3.05) is 13.1 Å². The van der Waals surface area contributed by atoms with Gasteiger partial charge in [-0.3, -0.25) is 0 Å². The molecule has 0 aliphatic carbocycles. The quantitative estimate of drug-likeness (QED) is 0.937. The molecule has 4 nitrogen and oxygen atoms in total. The molecule has 3 rings (SSSR count). The molecule has 0 radical (unpaired) electrons. The van der Waals surface area contributed by atoms with Crippen LogP contribution in [0.4, 0.5) is 8.78 Å². The van der Waals surface area contributed by atoms with Gasteiger partial charge in [0.1, 0.15) is 11.6 Å². The molecule has 0 unspecified atom stereocenters. The Labute approximate surface area is 115 Å². The highest BCUT2D eigenvalue weighted by Crippen LogP contribution is 2.23. The average molecular weight is 279 g/mol. The van der Waals surface area contributed by atoms with Gasteiger partial charge in [-0.05, 0) is 38.1 Å². The van der Waals surface area contributed by atoms with E-state index in [0.717, 1.165) is 25.9 Å². The Morgan fingerprint density at radius 2 is 1.90 bits per heavy atom. The molecule has 2 aromatic rings. The normalized spacial score (nSPS) is 16.5. The number of halogens is 2. The summed E-state index contributed by atoms with van der Waals surface area (Å²) in [6, 6.07) is 3.79. The summed E-state index contributed by atoms with van der Waals surface area (Å²) in [5.41, 5.74) is -0.0342. The van der Waals surface area contributed by atoms with Crippen LogP contribution in [0.2, 0.25) is 0 Å². The lowest BCUT2D eigenvalue weighted by Gasteiger charge is -2.18. The van der Waals surface area contributed by atoms with E-state index in [4.69, 9.17) is 4.52 Å². The molecular weight excluding hydrogens is 264 g/mol. The highest BCUT2D eigenvalue weighted by molar-refractivity contribution is 5.22. The zero-order valence-corrected chi connectivity index (χ0v) is 10.9. The van der Waals surface area contributed by atoms with E-state index in [9.17, 15) is 8.78 Å². The predicted octanol–water partition coefficient (Wildman–Crippen LogP) is 2.41. The minimum absolute atomic E-state index is 0.0174. The van der Waals surface area contributed by atoms with Gasteiger partial charge in [-0.15, -0.1) is 0 Å². The first kappa shape index (κ1) is 13.2. The minimum atomic E-state index is -0.591. The number of rotatable bonds is 3. The molecule has 1 aromatic heterocycles. The van der Waals surface area contributed by atoms with E-state index in [1.54, 1.807) is 0 Å². The topological polar surface area (TPSA) is 51.0 Å². The zero-order chi connectivity index (χ0) is 13.9. The van der Waals surface area contributed by atoms with Crippen molar-refractivity contribution in [3.8, 4) is 0 Å². The summed E-state index contributed by atoms with van der Waals surface area (Å²) < 4.78 is 32.2. The second-order valence-electron chi connectivity index (χ2n) is 4.95. The molecule has 2 heterocycles. The first-order valence-corrected chi connectivity index (χ1v) is 6.70. The molecule has 106 valence electrons. The van der Waals surface area contributed by atoms with Crippen LogP contribution >= 0.6 is 0 Å². The molecule has 20 heavy (non-hydrogen) atoms. The van der Waals surface area contributed by atoms with E-state index in [0.29, 0.717) is 5.82 Å². The smallest absolute Gasteiger partial charge is 0.231 e. The molecule has 0 saturated carbocycles. The second-order valence-corrected chi connectivity index (χ2v) is 4.95. The third kappa shape index (κ3) is 2.70. The molecule has 1 fully saturated rings. The van der Waals surface area contributed by atoms with Crippen LogP contribution in [0.15, 0.2) is 22.7 Å². The maximum absolute atomic E-state index is 13.6. The van der Waals surface area contributed by atoms with Crippen molar-refractivity contribution in [2.24, 2.45) is 0 Å². The van der Waals surface area contributed by atoms with Crippen LogP contribution in [0, 0.1) is 11.6 Å². The summed E-state index contributed by atoms with van der Waals surface area (Å²) in [4.78, 5) is 4.27. The summed E-state index contributed by atoms with van der Waals surface area (Å²) in [5, 5.41) is 7.20. The first-order valence-electron chi connectivity index (χ1n) is 6.70. The van der Waals surface area contributed by atoms with E-state index in [2.05, 4.69) is 15.5 Å². The summed E-state index contributed by atoms with van der Waals surface area (Å²) in [5.74, 6) is -0.0294. The fourth-order valence-corrected chi connectivity index (χ4v) is 2.44. The average Bonchev–Trinajstić information content (AvgIpc) is 2.93. The molecule has 1 aromatic carbocycles. The van der Waals surface area contributed by atoms with E-state index in [-0.39, 0.29) is 23.8 Å². The molecule has 1 N–H and O–H groups in total. The number of aromatic nitrogens is 2.